The SMILES string of the molecule is CC(C)(C)CC(=O)N1CCC(Nc2ccc(N3CCCC3)nc2)CC1. The molecule has 0 unspecified atom stereocenters. The molecule has 0 spiro atoms. The molecule has 2 saturated heterocycles. The number of nitrogens with one attached hydrogen (secondary N) is 1. The second kappa shape index (κ2) is 7.63. The van der Waals surface area contributed by atoms with Gasteiger partial charge in [-0.1, -0.05) is 20.8 Å². The normalized spacial score (nSPS) is 19.3. The van der Waals surface area contributed by atoms with Gasteiger partial charge < -0.3 is 15.1 Å². The smallest absolute Gasteiger partial charge is 0.223 e. The van der Waals surface area contributed by atoms with Crippen molar-refractivity contribution in [3.63, 3.8) is 0 Å². The van der Waals surface area contributed by atoms with E-state index in [9.17, 15) is 4.79 Å². The average Bonchev–Trinajstić information content (AvgIpc) is 3.09. The van der Waals surface area contributed by atoms with Crippen molar-refractivity contribution in [2.24, 2.45) is 5.41 Å². The molecule has 3 rings (SSSR count). The number of hydrogen-bond donors (Lipinski definition) is 1. The number of aromatic nitrogens is 1. The quantitative estimate of drug-likeness (QED) is 0.908. The van der Waals surface area contributed by atoms with Crippen LogP contribution in [-0.2, 0) is 4.79 Å². The topological polar surface area (TPSA) is 48.5 Å². The highest BCUT2D eigenvalue weighted by Crippen LogP contribution is 2.23. The zero-order chi connectivity index (χ0) is 17.9. The molecule has 1 amide bonds. The van der Waals surface area contributed by atoms with E-state index in [1.165, 1.54) is 12.8 Å². The minimum atomic E-state index is 0.0644. The third-order valence-electron chi connectivity index (χ3n) is 5.08. The number of carbonyl (C=O) groups excluding carboxylic acids is 1. The molecular weight excluding hydrogens is 312 g/mol. The Morgan fingerprint density at radius 1 is 1.16 bits per heavy atom. The van der Waals surface area contributed by atoms with Gasteiger partial charge in [-0.15, -0.1) is 0 Å². The van der Waals surface area contributed by atoms with Crippen LogP contribution in [0.5, 0.6) is 0 Å². The second-order valence-electron chi connectivity index (χ2n) is 8.64. The van der Waals surface area contributed by atoms with E-state index < -0.39 is 0 Å². The molecule has 0 aliphatic carbocycles. The molecule has 5 nitrogen and oxygen atoms in total. The van der Waals surface area contributed by atoms with Crippen molar-refractivity contribution in [1.82, 2.24) is 9.88 Å². The first-order chi connectivity index (χ1) is 11.9. The minimum Gasteiger partial charge on any atom is -0.381 e. The van der Waals surface area contributed by atoms with Gasteiger partial charge in [0.25, 0.3) is 0 Å². The summed E-state index contributed by atoms with van der Waals surface area (Å²) < 4.78 is 0. The van der Waals surface area contributed by atoms with Crippen LogP contribution in [0.4, 0.5) is 11.5 Å². The van der Waals surface area contributed by atoms with Gasteiger partial charge in [-0.3, -0.25) is 4.79 Å². The summed E-state index contributed by atoms with van der Waals surface area (Å²) in [5.74, 6) is 1.38. The van der Waals surface area contributed by atoms with Crippen molar-refractivity contribution < 1.29 is 4.79 Å². The molecule has 0 saturated carbocycles. The van der Waals surface area contributed by atoms with E-state index in [2.05, 4.69) is 48.1 Å². The summed E-state index contributed by atoms with van der Waals surface area (Å²) in [6.07, 6.45) is 7.13. The first-order valence-corrected chi connectivity index (χ1v) is 9.66. The molecule has 5 heteroatoms. The molecule has 3 heterocycles. The summed E-state index contributed by atoms with van der Waals surface area (Å²) in [5.41, 5.74) is 1.15. The van der Waals surface area contributed by atoms with Gasteiger partial charge in [0, 0.05) is 38.6 Å². The van der Waals surface area contributed by atoms with Crippen molar-refractivity contribution in [3.8, 4) is 0 Å². The van der Waals surface area contributed by atoms with Crippen LogP contribution in [0.25, 0.3) is 0 Å². The Morgan fingerprint density at radius 3 is 2.40 bits per heavy atom. The van der Waals surface area contributed by atoms with Crippen LogP contribution in [0.15, 0.2) is 18.3 Å². The monoisotopic (exact) mass is 344 g/mol. The highest BCUT2D eigenvalue weighted by Gasteiger charge is 2.25. The lowest BCUT2D eigenvalue weighted by atomic mass is 9.91. The Kier molecular flexibility index (Phi) is 5.50. The Bertz CT molecular complexity index is 564. The highest BCUT2D eigenvalue weighted by atomic mass is 16.2. The minimum absolute atomic E-state index is 0.0644. The molecule has 25 heavy (non-hydrogen) atoms. The fourth-order valence-corrected chi connectivity index (χ4v) is 3.68. The summed E-state index contributed by atoms with van der Waals surface area (Å²) in [6.45, 7) is 10.3. The fraction of sp³-hybridized carbons (Fsp3) is 0.700. The third kappa shape index (κ3) is 5.10. The number of likely N-dealkylation sites (tertiary alicyclic amines) is 1. The Hall–Kier alpha value is -1.78. The maximum absolute atomic E-state index is 12.3. The third-order valence-corrected chi connectivity index (χ3v) is 5.08. The van der Waals surface area contributed by atoms with Crippen LogP contribution < -0.4 is 10.2 Å². The van der Waals surface area contributed by atoms with E-state index in [0.717, 1.165) is 50.5 Å². The lowest BCUT2D eigenvalue weighted by Crippen LogP contribution is -2.43. The van der Waals surface area contributed by atoms with Gasteiger partial charge in [0.15, 0.2) is 0 Å². The number of pyridine rings is 1. The van der Waals surface area contributed by atoms with E-state index >= 15 is 0 Å². The zero-order valence-corrected chi connectivity index (χ0v) is 15.9. The molecule has 1 aromatic rings. The summed E-state index contributed by atoms with van der Waals surface area (Å²) in [5, 5.41) is 3.59. The predicted octanol–water partition coefficient (Wildman–Crippen LogP) is 3.52. The Morgan fingerprint density at radius 2 is 1.84 bits per heavy atom. The molecule has 2 fully saturated rings. The van der Waals surface area contributed by atoms with Gasteiger partial charge in [-0.25, -0.2) is 4.98 Å². The van der Waals surface area contributed by atoms with Crippen LogP contribution in [0.2, 0.25) is 0 Å². The van der Waals surface area contributed by atoms with Gasteiger partial charge in [-0.2, -0.15) is 0 Å². The lowest BCUT2D eigenvalue weighted by Gasteiger charge is -2.34. The number of hydrogen-bond acceptors (Lipinski definition) is 4. The number of rotatable bonds is 4. The van der Waals surface area contributed by atoms with Crippen molar-refractivity contribution >= 4 is 17.4 Å². The van der Waals surface area contributed by atoms with Gasteiger partial charge in [0.05, 0.1) is 11.9 Å². The fourth-order valence-electron chi connectivity index (χ4n) is 3.68. The number of anilines is 2. The molecule has 2 aliphatic rings. The molecule has 0 aromatic carbocycles. The molecule has 0 bridgehead atoms. The van der Waals surface area contributed by atoms with Crippen LogP contribution in [-0.4, -0.2) is 48.0 Å². The highest BCUT2D eigenvalue weighted by molar-refractivity contribution is 5.77. The van der Waals surface area contributed by atoms with Crippen molar-refractivity contribution in [2.75, 3.05) is 36.4 Å². The lowest BCUT2D eigenvalue weighted by molar-refractivity contribution is -0.134. The van der Waals surface area contributed by atoms with E-state index in [1.54, 1.807) is 0 Å². The maximum atomic E-state index is 12.3. The maximum Gasteiger partial charge on any atom is 0.223 e. The molecule has 0 radical (unpaired) electrons. The van der Waals surface area contributed by atoms with Gasteiger partial charge in [0.1, 0.15) is 5.82 Å². The standard InChI is InChI=1S/C20H32N4O/c1-20(2,3)14-19(25)24-12-8-16(9-13-24)22-17-6-7-18(21-15-17)23-10-4-5-11-23/h6-7,15-16,22H,4-5,8-14H2,1-3H3. The number of piperidine rings is 1. The second-order valence-corrected chi connectivity index (χ2v) is 8.64. The van der Waals surface area contributed by atoms with Crippen LogP contribution in [0.3, 0.4) is 0 Å². The molecule has 0 atom stereocenters. The number of nitrogens with zero attached hydrogens (tertiary/aromatic N) is 3. The Labute approximate surface area is 151 Å². The summed E-state index contributed by atoms with van der Waals surface area (Å²) in [6, 6.07) is 4.69. The van der Waals surface area contributed by atoms with Crippen LogP contribution in [0, 0.1) is 5.41 Å². The first kappa shape index (κ1) is 18.0. The zero-order valence-electron chi connectivity index (χ0n) is 15.9. The van der Waals surface area contributed by atoms with Crippen LogP contribution >= 0.6 is 0 Å². The number of amides is 1. The Balaban J connectivity index is 1.46. The van der Waals surface area contributed by atoms with Crippen molar-refractivity contribution in [2.45, 2.75) is 58.9 Å². The molecule has 138 valence electrons. The summed E-state index contributed by atoms with van der Waals surface area (Å²) >= 11 is 0. The predicted molar refractivity (Wildman–Crippen MR) is 103 cm³/mol. The molecule has 1 N–H and O–H groups in total. The van der Waals surface area contributed by atoms with Crippen molar-refractivity contribution in [1.29, 1.82) is 0 Å². The largest absolute Gasteiger partial charge is 0.381 e. The van der Waals surface area contributed by atoms with Crippen LogP contribution in [0.1, 0.15) is 52.9 Å². The summed E-state index contributed by atoms with van der Waals surface area (Å²) in [4.78, 5) is 21.3. The molecule has 2 aliphatic heterocycles. The van der Waals surface area contributed by atoms with Crippen molar-refractivity contribution in [3.05, 3.63) is 18.3 Å². The van der Waals surface area contributed by atoms with E-state index in [0.29, 0.717) is 18.4 Å². The summed E-state index contributed by atoms with van der Waals surface area (Å²) in [7, 11) is 0. The van der Waals surface area contributed by atoms with Gasteiger partial charge >= 0.3 is 0 Å². The average molecular weight is 345 g/mol. The van der Waals surface area contributed by atoms with Gasteiger partial charge in [0.2, 0.25) is 5.91 Å². The first-order valence-electron chi connectivity index (χ1n) is 9.66. The van der Waals surface area contributed by atoms with E-state index in [4.69, 9.17) is 0 Å². The van der Waals surface area contributed by atoms with E-state index in [-0.39, 0.29) is 5.41 Å². The van der Waals surface area contributed by atoms with E-state index in [1.807, 2.05) is 11.1 Å². The van der Waals surface area contributed by atoms with Gasteiger partial charge in [-0.05, 0) is 43.2 Å². The molecular formula is C20H32N4O. The molecule has 1 aromatic heterocycles. The number of carbonyl (C=O) groups is 1.